The monoisotopic (exact) mass is 320 g/mol. The van der Waals surface area contributed by atoms with E-state index in [0.29, 0.717) is 13.0 Å². The minimum Gasteiger partial charge on any atom is -0.462 e. The van der Waals surface area contributed by atoms with Gasteiger partial charge in [0.2, 0.25) is 0 Å². The van der Waals surface area contributed by atoms with Gasteiger partial charge in [-0.3, -0.25) is 0 Å². The number of alkyl halides is 5. The molecule has 0 aliphatic carbocycles. The number of carbonyl (C=O) groups excluding carboxylic acids is 1. The van der Waals surface area contributed by atoms with Gasteiger partial charge in [0, 0.05) is 6.08 Å². The molecule has 5 nitrogen and oxygen atoms in total. The Labute approximate surface area is 115 Å². The summed E-state index contributed by atoms with van der Waals surface area (Å²) in [5.74, 6) is -12.6. The van der Waals surface area contributed by atoms with E-state index in [0.717, 1.165) is 0 Å². The minimum absolute atomic E-state index is 0.401. The maximum atomic E-state index is 13.9. The summed E-state index contributed by atoms with van der Waals surface area (Å²) in [5, 5.41) is 18.9. The van der Waals surface area contributed by atoms with Gasteiger partial charge in [-0.1, -0.05) is 6.58 Å². The maximum absolute atomic E-state index is 13.9. The first-order valence-electron chi connectivity index (χ1n) is 5.63. The number of esters is 1. The van der Waals surface area contributed by atoms with Gasteiger partial charge >= 0.3 is 23.9 Å². The fraction of sp³-hybridized carbons (Fsp3) is 0.727. The molecule has 3 atom stereocenters. The standard InChI is InChI=1S/C11H13F5O5/c1-3-7(17)20-4-6-5-21-10(19,11(14,15)16)9(12,13)8(6,2)18/h3,6,18-19H,1,4-5H2,2H3. The molecule has 1 aliphatic rings. The van der Waals surface area contributed by atoms with Crippen molar-refractivity contribution >= 4 is 5.97 Å². The Morgan fingerprint density at radius 3 is 2.43 bits per heavy atom. The fourth-order valence-corrected chi connectivity index (χ4v) is 1.79. The van der Waals surface area contributed by atoms with Crippen LogP contribution in [0.5, 0.6) is 0 Å². The zero-order chi connectivity index (χ0) is 16.7. The van der Waals surface area contributed by atoms with E-state index in [9.17, 15) is 31.9 Å². The van der Waals surface area contributed by atoms with E-state index in [2.05, 4.69) is 16.1 Å². The molecule has 0 saturated carbocycles. The fourth-order valence-electron chi connectivity index (χ4n) is 1.79. The van der Waals surface area contributed by atoms with Crippen molar-refractivity contribution in [1.29, 1.82) is 0 Å². The molecule has 0 spiro atoms. The van der Waals surface area contributed by atoms with Crippen molar-refractivity contribution in [1.82, 2.24) is 0 Å². The van der Waals surface area contributed by atoms with Gasteiger partial charge in [0.25, 0.3) is 0 Å². The topological polar surface area (TPSA) is 76.0 Å². The van der Waals surface area contributed by atoms with Crippen LogP contribution in [0.4, 0.5) is 22.0 Å². The van der Waals surface area contributed by atoms with Gasteiger partial charge in [-0.2, -0.15) is 22.0 Å². The SMILES string of the molecule is C=CC(=O)OCC1COC(O)(C(F)(F)F)C(F)(F)C1(C)O. The molecule has 0 amide bonds. The van der Waals surface area contributed by atoms with E-state index in [4.69, 9.17) is 5.11 Å². The smallest absolute Gasteiger partial charge is 0.449 e. The quantitative estimate of drug-likeness (QED) is 0.461. The normalized spacial score (nSPS) is 36.1. The third-order valence-electron chi connectivity index (χ3n) is 3.33. The number of hydrogen-bond acceptors (Lipinski definition) is 5. The third kappa shape index (κ3) is 2.62. The highest BCUT2D eigenvalue weighted by Crippen LogP contribution is 2.53. The molecule has 1 aliphatic heterocycles. The molecule has 0 bridgehead atoms. The van der Waals surface area contributed by atoms with Crippen LogP contribution < -0.4 is 0 Å². The van der Waals surface area contributed by atoms with Gasteiger partial charge in [-0.25, -0.2) is 4.79 Å². The first kappa shape index (κ1) is 17.8. The number of rotatable bonds is 3. The van der Waals surface area contributed by atoms with Gasteiger partial charge in [-0.05, 0) is 6.92 Å². The minimum atomic E-state index is -5.83. The predicted molar refractivity (Wildman–Crippen MR) is 57.2 cm³/mol. The second kappa shape index (κ2) is 5.18. The Morgan fingerprint density at radius 2 is 2.00 bits per heavy atom. The zero-order valence-corrected chi connectivity index (χ0v) is 10.8. The molecule has 0 aromatic heterocycles. The first-order valence-corrected chi connectivity index (χ1v) is 5.63. The molecule has 0 radical (unpaired) electrons. The predicted octanol–water partition coefficient (Wildman–Crippen LogP) is 0.999. The Hall–Kier alpha value is -1.26. The van der Waals surface area contributed by atoms with Crippen molar-refractivity contribution in [2.24, 2.45) is 5.92 Å². The van der Waals surface area contributed by atoms with Crippen molar-refractivity contribution in [3.63, 3.8) is 0 Å². The molecule has 1 saturated heterocycles. The molecule has 3 unspecified atom stereocenters. The molecule has 10 heteroatoms. The lowest BCUT2D eigenvalue weighted by atomic mass is 9.77. The average molecular weight is 320 g/mol. The lowest BCUT2D eigenvalue weighted by Gasteiger charge is -2.50. The number of halogens is 5. The molecular formula is C11H13F5O5. The highest BCUT2D eigenvalue weighted by molar-refractivity contribution is 5.81. The number of ether oxygens (including phenoxy) is 2. The molecule has 0 aromatic carbocycles. The lowest BCUT2D eigenvalue weighted by molar-refractivity contribution is -0.479. The summed E-state index contributed by atoms with van der Waals surface area (Å²) in [6, 6.07) is 0. The molecule has 1 rings (SSSR count). The summed E-state index contributed by atoms with van der Waals surface area (Å²) in [6.45, 7) is 1.51. The molecule has 1 fully saturated rings. The van der Waals surface area contributed by atoms with Crippen molar-refractivity contribution in [3.8, 4) is 0 Å². The van der Waals surface area contributed by atoms with Crippen LogP contribution in [0.25, 0.3) is 0 Å². The Morgan fingerprint density at radius 1 is 1.48 bits per heavy atom. The summed E-state index contributed by atoms with van der Waals surface area (Å²) >= 11 is 0. The van der Waals surface area contributed by atoms with Crippen LogP contribution in [0.15, 0.2) is 12.7 Å². The van der Waals surface area contributed by atoms with Crippen LogP contribution in [0, 0.1) is 5.92 Å². The van der Waals surface area contributed by atoms with Crippen LogP contribution in [-0.2, 0) is 14.3 Å². The van der Waals surface area contributed by atoms with Crippen LogP contribution in [0.3, 0.4) is 0 Å². The summed E-state index contributed by atoms with van der Waals surface area (Å²) in [6.07, 6.45) is -5.12. The molecule has 122 valence electrons. The summed E-state index contributed by atoms with van der Waals surface area (Å²) in [7, 11) is 0. The van der Waals surface area contributed by atoms with Crippen LogP contribution >= 0.6 is 0 Å². The Kier molecular flexibility index (Phi) is 4.39. The Bertz CT molecular complexity index is 433. The van der Waals surface area contributed by atoms with Gasteiger partial charge in [-0.15, -0.1) is 0 Å². The van der Waals surface area contributed by atoms with Crippen LogP contribution in [0.1, 0.15) is 6.92 Å². The van der Waals surface area contributed by atoms with E-state index >= 15 is 0 Å². The van der Waals surface area contributed by atoms with Gasteiger partial charge in [0.15, 0.2) is 0 Å². The van der Waals surface area contributed by atoms with Crippen molar-refractivity contribution < 1.29 is 46.4 Å². The average Bonchev–Trinajstić information content (AvgIpc) is 2.34. The molecule has 2 N–H and O–H groups in total. The first-order chi connectivity index (χ1) is 9.31. The zero-order valence-electron chi connectivity index (χ0n) is 10.8. The molecule has 0 aromatic rings. The third-order valence-corrected chi connectivity index (χ3v) is 3.33. The Balaban J connectivity index is 3.06. The highest BCUT2D eigenvalue weighted by Gasteiger charge is 2.80. The van der Waals surface area contributed by atoms with E-state index in [1.807, 2.05) is 0 Å². The van der Waals surface area contributed by atoms with E-state index in [-0.39, 0.29) is 0 Å². The van der Waals surface area contributed by atoms with Crippen molar-refractivity contribution in [2.75, 3.05) is 13.2 Å². The van der Waals surface area contributed by atoms with Gasteiger partial charge < -0.3 is 19.7 Å². The number of carbonyl (C=O) groups is 1. The molecule has 1 heterocycles. The largest absolute Gasteiger partial charge is 0.462 e. The van der Waals surface area contributed by atoms with Gasteiger partial charge in [0.05, 0.1) is 19.1 Å². The van der Waals surface area contributed by atoms with Crippen molar-refractivity contribution in [3.05, 3.63) is 12.7 Å². The second-order valence-electron chi connectivity index (χ2n) is 4.71. The number of hydrogen-bond donors (Lipinski definition) is 2. The second-order valence-corrected chi connectivity index (χ2v) is 4.71. The van der Waals surface area contributed by atoms with Crippen LogP contribution in [-0.4, -0.2) is 52.9 Å². The number of aliphatic hydroxyl groups is 2. The van der Waals surface area contributed by atoms with Crippen LogP contribution in [0.2, 0.25) is 0 Å². The van der Waals surface area contributed by atoms with Crippen molar-refractivity contribution in [2.45, 2.75) is 30.4 Å². The summed E-state index contributed by atoms with van der Waals surface area (Å²) in [4.78, 5) is 10.8. The molecule has 21 heavy (non-hydrogen) atoms. The van der Waals surface area contributed by atoms with E-state index in [1.54, 1.807) is 0 Å². The molecular weight excluding hydrogens is 307 g/mol. The van der Waals surface area contributed by atoms with E-state index < -0.39 is 48.6 Å². The maximum Gasteiger partial charge on any atom is 0.449 e. The lowest BCUT2D eigenvalue weighted by Crippen LogP contribution is -2.75. The van der Waals surface area contributed by atoms with E-state index in [1.165, 1.54) is 0 Å². The van der Waals surface area contributed by atoms with Gasteiger partial charge in [0.1, 0.15) is 5.60 Å². The summed E-state index contributed by atoms with van der Waals surface area (Å²) < 4.78 is 73.8. The summed E-state index contributed by atoms with van der Waals surface area (Å²) in [5.41, 5.74) is -3.32. The highest BCUT2D eigenvalue weighted by atomic mass is 19.4.